The molecule has 2 aliphatic heterocycles. The van der Waals surface area contributed by atoms with Gasteiger partial charge in [0, 0.05) is 24.5 Å². The Labute approximate surface area is 170 Å². The lowest BCUT2D eigenvalue weighted by molar-refractivity contribution is -0.0644. The molecule has 0 unspecified atom stereocenters. The van der Waals surface area contributed by atoms with E-state index in [0.29, 0.717) is 12.0 Å². The zero-order valence-electron chi connectivity index (χ0n) is 17.3. The number of hydrogen-bond donors (Lipinski definition) is 1. The van der Waals surface area contributed by atoms with Crippen molar-refractivity contribution in [3.05, 3.63) is 59.7 Å². The van der Waals surface area contributed by atoms with Crippen LogP contribution in [-0.2, 0) is 0 Å². The Morgan fingerprint density at radius 1 is 1.00 bits per heavy atom. The maximum absolute atomic E-state index is 10.1. The molecule has 3 atom stereocenters. The molecule has 0 spiro atoms. The van der Waals surface area contributed by atoms with Crippen LogP contribution in [0, 0.1) is 6.92 Å². The van der Waals surface area contributed by atoms with Crippen molar-refractivity contribution in [2.45, 2.75) is 51.1 Å². The summed E-state index contributed by atoms with van der Waals surface area (Å²) in [6, 6.07) is 18.6. The molecule has 2 aromatic carbocycles. The van der Waals surface area contributed by atoms with E-state index >= 15 is 0 Å². The van der Waals surface area contributed by atoms with E-state index in [1.165, 1.54) is 54.6 Å². The lowest BCUT2D eigenvalue weighted by Crippen LogP contribution is -2.67. The topological polar surface area (TPSA) is 26.7 Å². The maximum atomic E-state index is 10.1. The van der Waals surface area contributed by atoms with Gasteiger partial charge in [0.1, 0.15) is 0 Å². The van der Waals surface area contributed by atoms with Crippen LogP contribution in [0.15, 0.2) is 48.5 Å². The summed E-state index contributed by atoms with van der Waals surface area (Å²) >= 11 is 0. The summed E-state index contributed by atoms with van der Waals surface area (Å²) < 4.78 is 0. The Hall–Kier alpha value is -1.68. The summed E-state index contributed by atoms with van der Waals surface area (Å²) in [6.07, 6.45) is 3.73. The van der Waals surface area contributed by atoms with Crippen molar-refractivity contribution in [2.75, 3.05) is 32.8 Å². The Kier molecular flexibility index (Phi) is 6.15. The van der Waals surface area contributed by atoms with Crippen LogP contribution in [0.1, 0.15) is 43.2 Å². The molecule has 150 valence electrons. The molecule has 1 N–H and O–H groups in total. The molecule has 0 saturated carbocycles. The van der Waals surface area contributed by atoms with Gasteiger partial charge >= 0.3 is 0 Å². The Morgan fingerprint density at radius 3 is 2.50 bits per heavy atom. The zero-order chi connectivity index (χ0) is 19.5. The van der Waals surface area contributed by atoms with Gasteiger partial charge in [0.05, 0.1) is 6.61 Å². The fraction of sp³-hybridized carbons (Fsp3) is 0.520. The van der Waals surface area contributed by atoms with Crippen molar-refractivity contribution in [2.24, 2.45) is 0 Å². The van der Waals surface area contributed by atoms with E-state index in [1.807, 2.05) is 0 Å². The standard InChI is InChI=1S/C25H34N2O/c1-3-13-26-14-4-5-15-27-23(17-26)25(24(27)18-28)21-11-9-20(10-12-21)22-8-6-7-19(2)16-22/h6-12,16,23-25,28H,3-5,13-15,17-18H2,1-2H3/t23-,24+,25-/m0/s1. The highest BCUT2D eigenvalue weighted by Crippen LogP contribution is 2.42. The summed E-state index contributed by atoms with van der Waals surface area (Å²) in [5.41, 5.74) is 5.23. The largest absolute Gasteiger partial charge is 0.395 e. The SMILES string of the molecule is CCCN1CCCCN2[C@H](CO)[C@@H](c3ccc(-c4cccc(C)c4)cc3)[C@@H]2C1. The van der Waals surface area contributed by atoms with E-state index in [4.69, 9.17) is 0 Å². The summed E-state index contributed by atoms with van der Waals surface area (Å²) in [7, 11) is 0. The second-order valence-electron chi connectivity index (χ2n) is 8.58. The van der Waals surface area contributed by atoms with Crippen molar-refractivity contribution in [3.8, 4) is 11.1 Å². The number of nitrogens with zero attached hydrogens (tertiary/aromatic N) is 2. The number of rotatable bonds is 5. The van der Waals surface area contributed by atoms with E-state index in [0.717, 1.165) is 13.1 Å². The van der Waals surface area contributed by atoms with Crippen LogP contribution >= 0.6 is 0 Å². The van der Waals surface area contributed by atoms with E-state index in [-0.39, 0.29) is 12.6 Å². The van der Waals surface area contributed by atoms with Crippen molar-refractivity contribution in [3.63, 3.8) is 0 Å². The molecule has 28 heavy (non-hydrogen) atoms. The Morgan fingerprint density at radius 2 is 1.79 bits per heavy atom. The van der Waals surface area contributed by atoms with Crippen LogP contribution in [0.2, 0.25) is 0 Å². The minimum absolute atomic E-state index is 0.259. The number of aliphatic hydroxyl groups excluding tert-OH is 1. The third-order valence-electron chi connectivity index (χ3n) is 6.64. The van der Waals surface area contributed by atoms with Crippen LogP contribution in [0.5, 0.6) is 0 Å². The van der Waals surface area contributed by atoms with Gasteiger partial charge in [-0.2, -0.15) is 0 Å². The van der Waals surface area contributed by atoms with E-state index in [2.05, 4.69) is 72.2 Å². The van der Waals surface area contributed by atoms with Crippen molar-refractivity contribution < 1.29 is 5.11 Å². The molecule has 0 bridgehead atoms. The van der Waals surface area contributed by atoms with Gasteiger partial charge in [-0.05, 0) is 62.5 Å². The first kappa shape index (κ1) is 19.6. The minimum atomic E-state index is 0.259. The maximum Gasteiger partial charge on any atom is 0.0593 e. The molecule has 2 saturated heterocycles. The predicted octanol–water partition coefficient (Wildman–Crippen LogP) is 4.30. The molecule has 0 aromatic heterocycles. The third kappa shape index (κ3) is 3.89. The first-order chi connectivity index (χ1) is 13.7. The Bertz CT molecular complexity index is 772. The van der Waals surface area contributed by atoms with Gasteiger partial charge in [-0.3, -0.25) is 4.90 Å². The van der Waals surface area contributed by atoms with Crippen LogP contribution in [0.4, 0.5) is 0 Å². The van der Waals surface area contributed by atoms with Gasteiger partial charge < -0.3 is 10.0 Å². The van der Waals surface area contributed by atoms with Gasteiger partial charge in [0.15, 0.2) is 0 Å². The fourth-order valence-electron chi connectivity index (χ4n) is 5.25. The van der Waals surface area contributed by atoms with Crippen LogP contribution < -0.4 is 0 Å². The molecule has 2 aromatic rings. The summed E-state index contributed by atoms with van der Waals surface area (Å²) in [6.45, 7) is 9.35. The molecule has 0 radical (unpaired) electrons. The summed E-state index contributed by atoms with van der Waals surface area (Å²) in [5, 5.41) is 10.1. The first-order valence-electron chi connectivity index (χ1n) is 11.0. The molecule has 3 nitrogen and oxygen atoms in total. The first-order valence-corrected chi connectivity index (χ1v) is 11.0. The number of aryl methyl sites for hydroxylation is 1. The second kappa shape index (κ2) is 8.77. The minimum Gasteiger partial charge on any atom is -0.395 e. The van der Waals surface area contributed by atoms with Gasteiger partial charge in [-0.15, -0.1) is 0 Å². The molecule has 0 aliphatic carbocycles. The normalized spacial score (nSPS) is 26.2. The fourth-order valence-corrected chi connectivity index (χ4v) is 5.25. The molecular weight excluding hydrogens is 344 g/mol. The van der Waals surface area contributed by atoms with Crippen molar-refractivity contribution in [1.29, 1.82) is 0 Å². The lowest BCUT2D eigenvalue weighted by Gasteiger charge is -2.57. The second-order valence-corrected chi connectivity index (χ2v) is 8.58. The number of fused-ring (bicyclic) bond motifs is 1. The highest BCUT2D eigenvalue weighted by Gasteiger charge is 2.48. The molecule has 3 heteroatoms. The molecular formula is C25H34N2O. The Balaban J connectivity index is 1.56. The van der Waals surface area contributed by atoms with Crippen molar-refractivity contribution >= 4 is 0 Å². The van der Waals surface area contributed by atoms with Gasteiger partial charge in [-0.1, -0.05) is 61.0 Å². The zero-order valence-corrected chi connectivity index (χ0v) is 17.3. The lowest BCUT2D eigenvalue weighted by atomic mass is 9.74. The molecule has 4 rings (SSSR count). The van der Waals surface area contributed by atoms with E-state index < -0.39 is 0 Å². The smallest absolute Gasteiger partial charge is 0.0593 e. The molecule has 0 amide bonds. The van der Waals surface area contributed by atoms with E-state index in [9.17, 15) is 5.11 Å². The summed E-state index contributed by atoms with van der Waals surface area (Å²) in [4.78, 5) is 5.21. The van der Waals surface area contributed by atoms with E-state index in [1.54, 1.807) is 0 Å². The number of aliphatic hydroxyl groups is 1. The monoisotopic (exact) mass is 378 g/mol. The number of benzene rings is 2. The van der Waals surface area contributed by atoms with Crippen LogP contribution in [-0.4, -0.2) is 59.8 Å². The highest BCUT2D eigenvalue weighted by molar-refractivity contribution is 5.64. The molecule has 2 fully saturated rings. The van der Waals surface area contributed by atoms with Gasteiger partial charge in [0.25, 0.3) is 0 Å². The number of hydrogen-bond acceptors (Lipinski definition) is 3. The molecule has 2 aliphatic rings. The van der Waals surface area contributed by atoms with Crippen LogP contribution in [0.25, 0.3) is 11.1 Å². The van der Waals surface area contributed by atoms with Crippen molar-refractivity contribution in [1.82, 2.24) is 9.80 Å². The average molecular weight is 379 g/mol. The average Bonchev–Trinajstić information content (AvgIpc) is 2.69. The summed E-state index contributed by atoms with van der Waals surface area (Å²) in [5.74, 6) is 0.439. The van der Waals surface area contributed by atoms with Gasteiger partial charge in [-0.25, -0.2) is 0 Å². The predicted molar refractivity (Wildman–Crippen MR) is 117 cm³/mol. The molecule has 2 heterocycles. The van der Waals surface area contributed by atoms with Gasteiger partial charge in [0.2, 0.25) is 0 Å². The third-order valence-corrected chi connectivity index (χ3v) is 6.64. The van der Waals surface area contributed by atoms with Crippen LogP contribution in [0.3, 0.4) is 0 Å². The quantitative estimate of drug-likeness (QED) is 0.840. The highest BCUT2D eigenvalue weighted by atomic mass is 16.3.